The van der Waals surface area contributed by atoms with E-state index in [0.717, 1.165) is 10.4 Å². The summed E-state index contributed by atoms with van der Waals surface area (Å²) in [5.41, 5.74) is 1.77. The number of halogens is 3. The van der Waals surface area contributed by atoms with Gasteiger partial charge >= 0.3 is 12.6 Å². The van der Waals surface area contributed by atoms with Gasteiger partial charge in [-0.05, 0) is 49.0 Å². The molecule has 0 aliphatic rings. The molecule has 0 amide bonds. The second kappa shape index (κ2) is 10.5. The van der Waals surface area contributed by atoms with E-state index in [9.17, 15) is 13.6 Å². The Morgan fingerprint density at radius 3 is 2.55 bits per heavy atom. The zero-order valence-corrected chi connectivity index (χ0v) is 18.5. The van der Waals surface area contributed by atoms with Gasteiger partial charge in [0.15, 0.2) is 5.11 Å². The van der Waals surface area contributed by atoms with Gasteiger partial charge < -0.3 is 20.1 Å². The number of hydrogen-bond donors (Lipinski definition) is 2. The number of rotatable bonds is 7. The van der Waals surface area contributed by atoms with Crippen LogP contribution in [-0.4, -0.2) is 24.3 Å². The van der Waals surface area contributed by atoms with Crippen molar-refractivity contribution in [2.45, 2.75) is 13.5 Å². The van der Waals surface area contributed by atoms with Crippen LogP contribution in [0.5, 0.6) is 5.75 Å². The largest absolute Gasteiger partial charge is 0.462 e. The van der Waals surface area contributed by atoms with Gasteiger partial charge in [0.1, 0.15) is 10.8 Å². The summed E-state index contributed by atoms with van der Waals surface area (Å²) in [4.78, 5) is 13.3. The molecule has 0 aliphatic carbocycles. The van der Waals surface area contributed by atoms with Crippen LogP contribution in [0.1, 0.15) is 17.3 Å². The number of benzene rings is 2. The lowest BCUT2D eigenvalue weighted by molar-refractivity contribution is -0.0497. The lowest BCUT2D eigenvalue weighted by Crippen LogP contribution is -2.20. The third kappa shape index (κ3) is 6.13. The lowest BCUT2D eigenvalue weighted by Gasteiger charge is -2.12. The first-order valence-corrected chi connectivity index (χ1v) is 10.7. The molecule has 3 aromatic rings. The van der Waals surface area contributed by atoms with E-state index in [1.165, 1.54) is 29.5 Å². The van der Waals surface area contributed by atoms with E-state index in [0.29, 0.717) is 16.3 Å². The molecule has 3 rings (SSSR count). The van der Waals surface area contributed by atoms with Gasteiger partial charge in [0.2, 0.25) is 0 Å². The minimum atomic E-state index is -2.97. The van der Waals surface area contributed by atoms with Crippen LogP contribution in [0.4, 0.5) is 19.5 Å². The monoisotopic (exact) mass is 482 g/mol. The number of thiophene rings is 1. The quantitative estimate of drug-likeness (QED) is 0.290. The molecule has 0 radical (unpaired) electrons. The zero-order valence-electron chi connectivity index (χ0n) is 16.2. The van der Waals surface area contributed by atoms with Crippen molar-refractivity contribution in [3.05, 3.63) is 65.2 Å². The average molecular weight is 483 g/mol. The van der Waals surface area contributed by atoms with Crippen molar-refractivity contribution in [1.29, 1.82) is 0 Å². The van der Waals surface area contributed by atoms with Crippen LogP contribution in [0.2, 0.25) is 5.02 Å². The zero-order chi connectivity index (χ0) is 22.4. The molecule has 0 saturated carbocycles. The Kier molecular flexibility index (Phi) is 7.78. The van der Waals surface area contributed by atoms with E-state index in [2.05, 4.69) is 15.4 Å². The Labute approximate surface area is 191 Å². The van der Waals surface area contributed by atoms with Crippen LogP contribution >= 0.6 is 35.2 Å². The molecule has 2 aromatic carbocycles. The Balaban J connectivity index is 1.79. The van der Waals surface area contributed by atoms with Crippen molar-refractivity contribution < 1.29 is 23.0 Å². The predicted molar refractivity (Wildman–Crippen MR) is 124 cm³/mol. The first-order valence-electron chi connectivity index (χ1n) is 9.06. The van der Waals surface area contributed by atoms with Crippen molar-refractivity contribution >= 4 is 56.9 Å². The van der Waals surface area contributed by atoms with Crippen molar-refractivity contribution in [3.8, 4) is 16.2 Å². The van der Waals surface area contributed by atoms with Gasteiger partial charge in [0, 0.05) is 10.6 Å². The van der Waals surface area contributed by atoms with E-state index in [-0.39, 0.29) is 22.5 Å². The molecule has 10 heteroatoms. The molecule has 0 atom stereocenters. The number of hydrogen-bond acceptors (Lipinski definition) is 5. The molecule has 31 heavy (non-hydrogen) atoms. The number of esters is 1. The summed E-state index contributed by atoms with van der Waals surface area (Å²) in [5.74, 6) is -0.612. The summed E-state index contributed by atoms with van der Waals surface area (Å²) < 4.78 is 34.2. The van der Waals surface area contributed by atoms with Gasteiger partial charge in [0.05, 0.1) is 17.2 Å². The third-order valence-electron chi connectivity index (χ3n) is 3.92. The highest BCUT2D eigenvalue weighted by molar-refractivity contribution is 7.80. The van der Waals surface area contributed by atoms with Gasteiger partial charge in [0.25, 0.3) is 0 Å². The second-order valence-electron chi connectivity index (χ2n) is 6.04. The average Bonchev–Trinajstić information content (AvgIpc) is 3.14. The highest BCUT2D eigenvalue weighted by Crippen LogP contribution is 2.36. The Morgan fingerprint density at radius 2 is 1.90 bits per heavy atom. The summed E-state index contributed by atoms with van der Waals surface area (Å²) in [5, 5.41) is 6.61. The lowest BCUT2D eigenvalue weighted by atomic mass is 10.1. The molecule has 0 saturated heterocycles. The molecule has 5 nitrogen and oxygen atoms in total. The SMILES string of the molecule is CCOC(=O)c1cc(-c2ccccc2)sc1NC(=S)Nc1ccc(OC(F)F)c(Cl)c1. The van der Waals surface area contributed by atoms with Gasteiger partial charge in [-0.25, -0.2) is 4.79 Å². The minimum Gasteiger partial charge on any atom is -0.462 e. The van der Waals surface area contributed by atoms with Crippen LogP contribution in [0, 0.1) is 0 Å². The number of anilines is 2. The fraction of sp³-hybridized carbons (Fsp3) is 0.143. The van der Waals surface area contributed by atoms with Gasteiger partial charge in [-0.1, -0.05) is 41.9 Å². The topological polar surface area (TPSA) is 59.6 Å². The highest BCUT2D eigenvalue weighted by atomic mass is 35.5. The summed E-state index contributed by atoms with van der Waals surface area (Å²) >= 11 is 12.7. The van der Waals surface area contributed by atoms with Crippen molar-refractivity contribution in [2.75, 3.05) is 17.2 Å². The third-order valence-corrected chi connectivity index (χ3v) is 5.52. The molecule has 0 fully saturated rings. The number of nitrogens with one attached hydrogen (secondary N) is 2. The molecule has 0 aliphatic heterocycles. The Morgan fingerprint density at radius 1 is 1.16 bits per heavy atom. The maximum Gasteiger partial charge on any atom is 0.387 e. The van der Waals surface area contributed by atoms with Crippen LogP contribution < -0.4 is 15.4 Å². The molecular weight excluding hydrogens is 466 g/mol. The molecule has 2 N–H and O–H groups in total. The fourth-order valence-electron chi connectivity index (χ4n) is 2.62. The number of thiocarbonyl (C=S) groups is 1. The van der Waals surface area contributed by atoms with Crippen molar-refractivity contribution in [1.82, 2.24) is 0 Å². The van der Waals surface area contributed by atoms with E-state index < -0.39 is 12.6 Å². The van der Waals surface area contributed by atoms with Crippen molar-refractivity contribution in [2.24, 2.45) is 0 Å². The van der Waals surface area contributed by atoms with E-state index in [1.807, 2.05) is 30.3 Å². The van der Waals surface area contributed by atoms with Gasteiger partial charge in [-0.2, -0.15) is 8.78 Å². The molecular formula is C21H17ClF2N2O3S2. The van der Waals surface area contributed by atoms with Gasteiger partial charge in [-0.15, -0.1) is 11.3 Å². The van der Waals surface area contributed by atoms with E-state index >= 15 is 0 Å². The van der Waals surface area contributed by atoms with E-state index in [4.69, 9.17) is 28.6 Å². The molecule has 0 bridgehead atoms. The first-order chi connectivity index (χ1) is 14.9. The van der Waals surface area contributed by atoms with Crippen LogP contribution in [0.15, 0.2) is 54.6 Å². The summed E-state index contributed by atoms with van der Waals surface area (Å²) in [6.07, 6.45) is 0. The Hall–Kier alpha value is -2.75. The minimum absolute atomic E-state index is 0.00259. The molecule has 1 aromatic heterocycles. The molecule has 0 spiro atoms. The smallest absolute Gasteiger partial charge is 0.387 e. The summed E-state index contributed by atoms with van der Waals surface area (Å²) in [6.45, 7) is -1.01. The number of carbonyl (C=O) groups is 1. The number of alkyl halides is 2. The first kappa shape index (κ1) is 22.9. The number of carbonyl (C=O) groups excluding carboxylic acids is 1. The standard InChI is InChI=1S/C21H17ClF2N2O3S2/c1-2-28-19(27)14-11-17(12-6-4-3-5-7-12)31-18(14)26-21(30)25-13-8-9-16(15(22)10-13)29-20(23)24/h3-11,20H,2H2,1H3,(H2,25,26,30). The summed E-state index contributed by atoms with van der Waals surface area (Å²) in [7, 11) is 0. The van der Waals surface area contributed by atoms with Crippen LogP contribution in [0.3, 0.4) is 0 Å². The van der Waals surface area contributed by atoms with Crippen LogP contribution in [0.25, 0.3) is 10.4 Å². The molecule has 162 valence electrons. The van der Waals surface area contributed by atoms with Crippen LogP contribution in [-0.2, 0) is 4.74 Å². The Bertz CT molecular complexity index is 1080. The van der Waals surface area contributed by atoms with E-state index in [1.54, 1.807) is 13.0 Å². The normalized spacial score (nSPS) is 10.6. The highest BCUT2D eigenvalue weighted by Gasteiger charge is 2.19. The fourth-order valence-corrected chi connectivity index (χ4v) is 4.19. The second-order valence-corrected chi connectivity index (χ2v) is 7.91. The van der Waals surface area contributed by atoms with Gasteiger partial charge in [-0.3, -0.25) is 0 Å². The molecule has 1 heterocycles. The molecule has 0 unspecified atom stereocenters. The van der Waals surface area contributed by atoms with Crippen molar-refractivity contribution in [3.63, 3.8) is 0 Å². The number of ether oxygens (including phenoxy) is 2. The maximum absolute atomic E-state index is 12.4. The maximum atomic E-state index is 12.4. The summed E-state index contributed by atoms with van der Waals surface area (Å²) in [6, 6.07) is 15.5. The predicted octanol–water partition coefficient (Wildman–Crippen LogP) is 6.66.